The van der Waals surface area contributed by atoms with Crippen LogP contribution in [0.5, 0.6) is 0 Å². The zero-order chi connectivity index (χ0) is 15.1. The minimum absolute atomic E-state index is 0.925. The molecule has 2 aromatic carbocycles. The van der Waals surface area contributed by atoms with E-state index in [0.717, 1.165) is 11.2 Å². The molecule has 2 heteroatoms. The predicted octanol–water partition coefficient (Wildman–Crippen LogP) is 4.63. The summed E-state index contributed by atoms with van der Waals surface area (Å²) in [5.41, 5.74) is 3.20. The highest BCUT2D eigenvalue weighted by atomic mass is 15.1. The first-order valence-corrected chi connectivity index (χ1v) is 6.91. The minimum atomic E-state index is 0.925. The van der Waals surface area contributed by atoms with Crippen LogP contribution >= 0.6 is 0 Å². The number of nitrogens with zero attached hydrogens (tertiary/aromatic N) is 2. The molecule has 0 amide bonds. The van der Waals surface area contributed by atoms with E-state index < -0.39 is 0 Å². The standard InChI is InChI=1S/C11H9N.C8H11N/c1-2-10-8-7-9-5-3-4-6-11(9)12-10;1-9(2)8-6-4-3-5-7-8/h2-8H,1H2;3-7H,1-2H3. The number of pyridine rings is 1. The average Bonchev–Trinajstić information content (AvgIpc) is 2.55. The Bertz CT molecular complexity index is 703. The first-order chi connectivity index (χ1) is 10.2. The summed E-state index contributed by atoms with van der Waals surface area (Å²) in [6, 6.07) is 22.3. The Morgan fingerprint density at radius 1 is 0.857 bits per heavy atom. The molecule has 0 aliphatic carbocycles. The van der Waals surface area contributed by atoms with Gasteiger partial charge >= 0.3 is 0 Å². The summed E-state index contributed by atoms with van der Waals surface area (Å²) in [6.45, 7) is 3.68. The van der Waals surface area contributed by atoms with E-state index in [1.807, 2.05) is 56.6 Å². The highest BCUT2D eigenvalue weighted by Gasteiger charge is 1.92. The quantitative estimate of drug-likeness (QED) is 0.678. The summed E-state index contributed by atoms with van der Waals surface area (Å²) < 4.78 is 0. The Morgan fingerprint density at radius 3 is 2.14 bits per heavy atom. The molecule has 0 aliphatic rings. The van der Waals surface area contributed by atoms with Crippen molar-refractivity contribution >= 4 is 22.7 Å². The van der Waals surface area contributed by atoms with E-state index in [2.05, 4.69) is 40.7 Å². The molecular weight excluding hydrogens is 256 g/mol. The summed E-state index contributed by atoms with van der Waals surface area (Å²) >= 11 is 0. The lowest BCUT2D eigenvalue weighted by Crippen LogP contribution is -2.07. The van der Waals surface area contributed by atoms with Crippen LogP contribution in [0.1, 0.15) is 5.69 Å². The maximum atomic E-state index is 4.38. The molecule has 0 atom stereocenters. The van der Waals surface area contributed by atoms with Crippen molar-refractivity contribution < 1.29 is 0 Å². The van der Waals surface area contributed by atoms with Gasteiger partial charge in [-0.15, -0.1) is 0 Å². The topological polar surface area (TPSA) is 16.1 Å². The summed E-state index contributed by atoms with van der Waals surface area (Å²) in [5.74, 6) is 0. The molecule has 1 heterocycles. The van der Waals surface area contributed by atoms with Crippen LogP contribution in [0.4, 0.5) is 5.69 Å². The van der Waals surface area contributed by atoms with Gasteiger partial charge in [-0.05, 0) is 30.3 Å². The van der Waals surface area contributed by atoms with Crippen LogP contribution in [0, 0.1) is 0 Å². The Labute approximate surface area is 126 Å². The Hall–Kier alpha value is -2.61. The maximum absolute atomic E-state index is 4.38. The summed E-state index contributed by atoms with van der Waals surface area (Å²) in [6.07, 6.45) is 1.76. The summed E-state index contributed by atoms with van der Waals surface area (Å²) in [7, 11) is 4.07. The van der Waals surface area contributed by atoms with Crippen molar-refractivity contribution in [3.05, 3.63) is 79.0 Å². The van der Waals surface area contributed by atoms with E-state index in [1.54, 1.807) is 6.08 Å². The van der Waals surface area contributed by atoms with E-state index in [4.69, 9.17) is 0 Å². The van der Waals surface area contributed by atoms with Crippen LogP contribution in [-0.2, 0) is 0 Å². The fraction of sp³-hybridized carbons (Fsp3) is 0.105. The number of anilines is 1. The fourth-order valence-electron chi connectivity index (χ4n) is 1.92. The van der Waals surface area contributed by atoms with Crippen LogP contribution in [0.25, 0.3) is 17.0 Å². The van der Waals surface area contributed by atoms with Crippen molar-refractivity contribution in [2.45, 2.75) is 0 Å². The van der Waals surface area contributed by atoms with Gasteiger partial charge in [0.25, 0.3) is 0 Å². The zero-order valence-electron chi connectivity index (χ0n) is 12.5. The molecule has 1 aromatic heterocycles. The van der Waals surface area contributed by atoms with E-state index in [9.17, 15) is 0 Å². The molecule has 0 saturated carbocycles. The lowest BCUT2D eigenvalue weighted by molar-refractivity contribution is 1.13. The smallest absolute Gasteiger partial charge is 0.0709 e. The molecule has 0 bridgehead atoms. The first kappa shape index (κ1) is 14.8. The normalized spacial score (nSPS) is 9.62. The third kappa shape index (κ3) is 4.18. The second kappa shape index (κ2) is 7.25. The minimum Gasteiger partial charge on any atom is -0.378 e. The molecule has 106 valence electrons. The van der Waals surface area contributed by atoms with Gasteiger partial charge in [-0.25, -0.2) is 4.98 Å². The average molecular weight is 276 g/mol. The van der Waals surface area contributed by atoms with Crippen molar-refractivity contribution in [1.29, 1.82) is 0 Å². The number of fused-ring (bicyclic) bond motifs is 1. The van der Waals surface area contributed by atoms with Gasteiger partial charge in [0.15, 0.2) is 0 Å². The number of hydrogen-bond acceptors (Lipinski definition) is 2. The van der Waals surface area contributed by atoms with E-state index >= 15 is 0 Å². The number of para-hydroxylation sites is 2. The lowest BCUT2D eigenvalue weighted by Gasteiger charge is -2.10. The molecule has 0 unspecified atom stereocenters. The van der Waals surface area contributed by atoms with Gasteiger partial charge in [0.05, 0.1) is 11.2 Å². The third-order valence-corrected chi connectivity index (χ3v) is 3.10. The van der Waals surface area contributed by atoms with Gasteiger partial charge in [-0.1, -0.05) is 49.0 Å². The van der Waals surface area contributed by atoms with Gasteiger partial charge in [0, 0.05) is 25.2 Å². The largest absolute Gasteiger partial charge is 0.378 e. The lowest BCUT2D eigenvalue weighted by atomic mass is 10.2. The fourth-order valence-corrected chi connectivity index (χ4v) is 1.92. The monoisotopic (exact) mass is 276 g/mol. The van der Waals surface area contributed by atoms with E-state index in [1.165, 1.54) is 11.1 Å². The molecular formula is C19H20N2. The first-order valence-electron chi connectivity index (χ1n) is 6.91. The number of hydrogen-bond donors (Lipinski definition) is 0. The number of rotatable bonds is 2. The van der Waals surface area contributed by atoms with Crippen molar-refractivity contribution in [2.75, 3.05) is 19.0 Å². The van der Waals surface area contributed by atoms with Gasteiger partial charge in [0.1, 0.15) is 0 Å². The Morgan fingerprint density at radius 2 is 1.52 bits per heavy atom. The van der Waals surface area contributed by atoms with Gasteiger partial charge in [0.2, 0.25) is 0 Å². The highest BCUT2D eigenvalue weighted by Crippen LogP contribution is 2.11. The van der Waals surface area contributed by atoms with Gasteiger partial charge in [-0.3, -0.25) is 0 Å². The van der Waals surface area contributed by atoms with Gasteiger partial charge < -0.3 is 4.90 Å². The maximum Gasteiger partial charge on any atom is 0.0709 e. The molecule has 2 nitrogen and oxygen atoms in total. The number of benzene rings is 2. The molecule has 0 radical (unpaired) electrons. The van der Waals surface area contributed by atoms with Crippen LogP contribution in [0.3, 0.4) is 0 Å². The molecule has 3 aromatic rings. The SMILES string of the molecule is C=Cc1ccc2ccccc2n1.CN(C)c1ccccc1. The molecule has 0 aliphatic heterocycles. The number of aromatic nitrogens is 1. The molecule has 3 rings (SSSR count). The molecule has 21 heavy (non-hydrogen) atoms. The Balaban J connectivity index is 0.000000161. The summed E-state index contributed by atoms with van der Waals surface area (Å²) in [4.78, 5) is 6.46. The molecule has 0 saturated heterocycles. The van der Waals surface area contributed by atoms with Crippen molar-refractivity contribution in [3.8, 4) is 0 Å². The van der Waals surface area contributed by atoms with E-state index in [0.29, 0.717) is 0 Å². The Kier molecular flexibility index (Phi) is 5.10. The molecule has 0 N–H and O–H groups in total. The van der Waals surface area contributed by atoms with Gasteiger partial charge in [-0.2, -0.15) is 0 Å². The molecule has 0 spiro atoms. The van der Waals surface area contributed by atoms with Crippen molar-refractivity contribution in [3.63, 3.8) is 0 Å². The van der Waals surface area contributed by atoms with Crippen molar-refractivity contribution in [1.82, 2.24) is 4.98 Å². The second-order valence-electron chi connectivity index (χ2n) is 4.86. The van der Waals surface area contributed by atoms with Crippen LogP contribution in [0.15, 0.2) is 73.3 Å². The van der Waals surface area contributed by atoms with Crippen LogP contribution in [0.2, 0.25) is 0 Å². The summed E-state index contributed by atoms with van der Waals surface area (Å²) in [5, 5.41) is 1.17. The second-order valence-corrected chi connectivity index (χ2v) is 4.86. The predicted molar refractivity (Wildman–Crippen MR) is 92.6 cm³/mol. The zero-order valence-corrected chi connectivity index (χ0v) is 12.5. The highest BCUT2D eigenvalue weighted by molar-refractivity contribution is 5.79. The van der Waals surface area contributed by atoms with E-state index in [-0.39, 0.29) is 0 Å². The third-order valence-electron chi connectivity index (χ3n) is 3.10. The van der Waals surface area contributed by atoms with Crippen LogP contribution < -0.4 is 4.90 Å². The molecule has 0 fully saturated rings. The van der Waals surface area contributed by atoms with Crippen LogP contribution in [-0.4, -0.2) is 19.1 Å². The van der Waals surface area contributed by atoms with Crippen molar-refractivity contribution in [2.24, 2.45) is 0 Å².